The van der Waals surface area contributed by atoms with E-state index in [1.165, 1.54) is 0 Å². The van der Waals surface area contributed by atoms with E-state index >= 15 is 0 Å². The lowest BCUT2D eigenvalue weighted by Gasteiger charge is -2.25. The standard InChI is InChI=1S/C15H19N3O/c16-9-11-3-1-4-12(7-11)10-18-15(19)13-5-2-6-14(17)8-13/h1,3-4,7,13-14H,2,5-6,8,10,17H2,(H,18,19). The van der Waals surface area contributed by atoms with Crippen molar-refractivity contribution in [2.75, 3.05) is 0 Å². The SMILES string of the molecule is N#Cc1cccc(CNC(=O)C2CCCC(N)C2)c1. The highest BCUT2D eigenvalue weighted by atomic mass is 16.1. The van der Waals surface area contributed by atoms with E-state index < -0.39 is 0 Å². The molecule has 4 nitrogen and oxygen atoms in total. The average molecular weight is 257 g/mol. The van der Waals surface area contributed by atoms with E-state index in [4.69, 9.17) is 11.0 Å². The first-order valence-electron chi connectivity index (χ1n) is 6.71. The number of amides is 1. The number of nitrogens with two attached hydrogens (primary N) is 1. The number of carbonyl (C=O) groups excluding carboxylic acids is 1. The van der Waals surface area contributed by atoms with E-state index in [9.17, 15) is 4.79 Å². The van der Waals surface area contributed by atoms with Gasteiger partial charge in [0.05, 0.1) is 11.6 Å². The fourth-order valence-corrected chi connectivity index (χ4v) is 2.55. The zero-order chi connectivity index (χ0) is 13.7. The summed E-state index contributed by atoms with van der Waals surface area (Å²) in [6.45, 7) is 0.472. The van der Waals surface area contributed by atoms with Gasteiger partial charge in [0, 0.05) is 18.5 Å². The van der Waals surface area contributed by atoms with Crippen molar-refractivity contribution >= 4 is 5.91 Å². The molecule has 1 aliphatic rings. The number of nitrogens with zero attached hydrogens (tertiary/aromatic N) is 1. The second kappa shape index (κ2) is 6.35. The van der Waals surface area contributed by atoms with E-state index in [0.717, 1.165) is 31.2 Å². The van der Waals surface area contributed by atoms with Crippen LogP contribution in [-0.4, -0.2) is 11.9 Å². The van der Waals surface area contributed by atoms with Crippen LogP contribution in [0.1, 0.15) is 36.8 Å². The minimum absolute atomic E-state index is 0.0444. The molecule has 19 heavy (non-hydrogen) atoms. The molecule has 3 N–H and O–H groups in total. The van der Waals surface area contributed by atoms with Gasteiger partial charge in [0.1, 0.15) is 0 Å². The molecule has 0 aliphatic heterocycles. The number of rotatable bonds is 3. The highest BCUT2D eigenvalue weighted by Gasteiger charge is 2.24. The number of nitrogens with one attached hydrogen (secondary N) is 1. The molecule has 2 atom stereocenters. The van der Waals surface area contributed by atoms with Gasteiger partial charge >= 0.3 is 0 Å². The van der Waals surface area contributed by atoms with E-state index in [2.05, 4.69) is 11.4 Å². The van der Waals surface area contributed by atoms with Gasteiger partial charge in [-0.25, -0.2) is 0 Å². The first kappa shape index (κ1) is 13.6. The summed E-state index contributed by atoms with van der Waals surface area (Å²) in [6, 6.07) is 9.55. The molecule has 0 aromatic heterocycles. The lowest BCUT2D eigenvalue weighted by Crippen LogP contribution is -2.37. The Bertz CT molecular complexity index is 492. The van der Waals surface area contributed by atoms with Crippen molar-refractivity contribution in [2.24, 2.45) is 11.7 Å². The van der Waals surface area contributed by atoms with E-state index in [1.807, 2.05) is 12.1 Å². The minimum Gasteiger partial charge on any atom is -0.352 e. The van der Waals surface area contributed by atoms with Crippen molar-refractivity contribution in [3.63, 3.8) is 0 Å². The Morgan fingerprint density at radius 1 is 1.47 bits per heavy atom. The van der Waals surface area contributed by atoms with Crippen LogP contribution in [-0.2, 0) is 11.3 Å². The molecule has 2 rings (SSSR count). The van der Waals surface area contributed by atoms with Gasteiger partial charge in [0.2, 0.25) is 5.91 Å². The highest BCUT2D eigenvalue weighted by molar-refractivity contribution is 5.78. The molecule has 0 radical (unpaired) electrons. The molecule has 0 heterocycles. The molecular weight excluding hydrogens is 238 g/mol. The average Bonchev–Trinajstić information content (AvgIpc) is 2.45. The molecule has 1 fully saturated rings. The molecule has 1 saturated carbocycles. The van der Waals surface area contributed by atoms with Gasteiger partial charge in [0.15, 0.2) is 0 Å². The molecular formula is C15H19N3O. The smallest absolute Gasteiger partial charge is 0.223 e. The van der Waals surface area contributed by atoms with Crippen LogP contribution in [0.4, 0.5) is 0 Å². The van der Waals surface area contributed by atoms with Crippen molar-refractivity contribution in [1.29, 1.82) is 5.26 Å². The molecule has 1 aromatic carbocycles. The Morgan fingerprint density at radius 3 is 3.05 bits per heavy atom. The van der Waals surface area contributed by atoms with Crippen LogP contribution in [0.25, 0.3) is 0 Å². The fourth-order valence-electron chi connectivity index (χ4n) is 2.55. The van der Waals surface area contributed by atoms with Crippen LogP contribution in [0.15, 0.2) is 24.3 Å². The monoisotopic (exact) mass is 257 g/mol. The maximum atomic E-state index is 12.0. The van der Waals surface area contributed by atoms with E-state index in [-0.39, 0.29) is 17.9 Å². The van der Waals surface area contributed by atoms with Crippen LogP contribution in [0.3, 0.4) is 0 Å². The maximum absolute atomic E-state index is 12.0. The molecule has 1 aromatic rings. The second-order valence-electron chi connectivity index (χ2n) is 5.15. The molecule has 0 spiro atoms. The number of benzene rings is 1. The summed E-state index contributed by atoms with van der Waals surface area (Å²) in [7, 11) is 0. The first-order chi connectivity index (χ1) is 9.19. The third-order valence-corrected chi connectivity index (χ3v) is 3.61. The van der Waals surface area contributed by atoms with Gasteiger partial charge in [-0.1, -0.05) is 18.6 Å². The quantitative estimate of drug-likeness (QED) is 0.864. The summed E-state index contributed by atoms with van der Waals surface area (Å²) in [5.74, 6) is 0.125. The molecule has 100 valence electrons. The van der Waals surface area contributed by atoms with Crippen molar-refractivity contribution in [1.82, 2.24) is 5.32 Å². The van der Waals surface area contributed by atoms with Crippen LogP contribution >= 0.6 is 0 Å². The molecule has 2 unspecified atom stereocenters. The predicted octanol–water partition coefficient (Wildman–Crippen LogP) is 1.69. The van der Waals surface area contributed by atoms with Gasteiger partial charge in [-0.2, -0.15) is 5.26 Å². The summed E-state index contributed by atoms with van der Waals surface area (Å²) in [6.07, 6.45) is 3.76. The lowest BCUT2D eigenvalue weighted by molar-refractivity contribution is -0.126. The maximum Gasteiger partial charge on any atom is 0.223 e. The lowest BCUT2D eigenvalue weighted by atomic mass is 9.85. The number of hydrogen-bond donors (Lipinski definition) is 2. The van der Waals surface area contributed by atoms with Crippen molar-refractivity contribution in [3.05, 3.63) is 35.4 Å². The Kier molecular flexibility index (Phi) is 4.53. The van der Waals surface area contributed by atoms with Crippen LogP contribution < -0.4 is 11.1 Å². The van der Waals surface area contributed by atoms with E-state index in [0.29, 0.717) is 12.1 Å². The van der Waals surface area contributed by atoms with Crippen molar-refractivity contribution < 1.29 is 4.79 Å². The number of hydrogen-bond acceptors (Lipinski definition) is 3. The Morgan fingerprint density at radius 2 is 2.32 bits per heavy atom. The van der Waals surface area contributed by atoms with E-state index in [1.54, 1.807) is 12.1 Å². The zero-order valence-corrected chi connectivity index (χ0v) is 10.9. The van der Waals surface area contributed by atoms with Gasteiger partial charge in [-0.3, -0.25) is 4.79 Å². The molecule has 0 bridgehead atoms. The highest BCUT2D eigenvalue weighted by Crippen LogP contribution is 2.23. The van der Waals surface area contributed by atoms with Gasteiger partial charge in [0.25, 0.3) is 0 Å². The minimum atomic E-state index is 0.0444. The Labute approximate surface area is 113 Å². The molecule has 1 amide bonds. The summed E-state index contributed by atoms with van der Waals surface area (Å²) >= 11 is 0. The third-order valence-electron chi connectivity index (χ3n) is 3.61. The largest absolute Gasteiger partial charge is 0.352 e. The molecule has 1 aliphatic carbocycles. The fraction of sp³-hybridized carbons (Fsp3) is 0.467. The van der Waals surface area contributed by atoms with Crippen molar-refractivity contribution in [3.8, 4) is 6.07 Å². The Balaban J connectivity index is 1.87. The summed E-state index contributed by atoms with van der Waals surface area (Å²) in [4.78, 5) is 12.0. The van der Waals surface area contributed by atoms with Crippen molar-refractivity contribution in [2.45, 2.75) is 38.3 Å². The molecule has 0 saturated heterocycles. The zero-order valence-electron chi connectivity index (χ0n) is 10.9. The Hall–Kier alpha value is -1.86. The topological polar surface area (TPSA) is 78.9 Å². The summed E-state index contributed by atoms with van der Waals surface area (Å²) in [5, 5.41) is 11.8. The van der Waals surface area contributed by atoms with Gasteiger partial charge < -0.3 is 11.1 Å². The normalized spacial score (nSPS) is 22.5. The van der Waals surface area contributed by atoms with Crippen LogP contribution in [0, 0.1) is 17.2 Å². The van der Waals surface area contributed by atoms with Gasteiger partial charge in [-0.15, -0.1) is 0 Å². The number of nitriles is 1. The summed E-state index contributed by atoms with van der Waals surface area (Å²) < 4.78 is 0. The second-order valence-corrected chi connectivity index (χ2v) is 5.15. The van der Waals surface area contributed by atoms with Crippen LogP contribution in [0.2, 0.25) is 0 Å². The molecule has 4 heteroatoms. The summed E-state index contributed by atoms with van der Waals surface area (Å²) in [5.41, 5.74) is 7.46. The number of carbonyl (C=O) groups is 1. The first-order valence-corrected chi connectivity index (χ1v) is 6.71. The predicted molar refractivity (Wildman–Crippen MR) is 72.9 cm³/mol. The van der Waals surface area contributed by atoms with Gasteiger partial charge in [-0.05, 0) is 37.0 Å². The van der Waals surface area contributed by atoms with Crippen LogP contribution in [0.5, 0.6) is 0 Å². The third kappa shape index (κ3) is 3.80.